The first-order valence-corrected chi connectivity index (χ1v) is 6.91. The number of hydrogen-bond acceptors (Lipinski definition) is 2. The van der Waals surface area contributed by atoms with Crippen molar-refractivity contribution < 1.29 is 53.5 Å². The number of carbonyl (C=O) groups is 2. The maximum atomic E-state index is 13.1. The second kappa shape index (κ2) is 7.13. The number of hydrogen-bond donors (Lipinski definition) is 0. The van der Waals surface area contributed by atoms with Gasteiger partial charge in [0, 0.05) is 25.5 Å². The summed E-state index contributed by atoms with van der Waals surface area (Å²) in [5.74, 6) is -16.7. The minimum atomic E-state index is -6.17. The Morgan fingerprint density at radius 2 is 0.821 bits per heavy atom. The highest BCUT2D eigenvalue weighted by atomic mass is 19.4. The standard InChI is InChI=1S/C14H10F10N2O2/c1-25(9(27)11(15,16)13(19,20)21)7-3-5-8(6-4-7)26(2)10(28)12(17,18)14(22,23)24/h3-6H,1-2H3. The van der Waals surface area contributed by atoms with Crippen LogP contribution < -0.4 is 9.80 Å². The summed E-state index contributed by atoms with van der Waals surface area (Å²) in [6, 6.07) is 2.70. The van der Waals surface area contributed by atoms with Crippen LogP contribution in [0.15, 0.2) is 24.3 Å². The Bertz CT molecular complexity index is 677. The van der Waals surface area contributed by atoms with Gasteiger partial charge in [0.2, 0.25) is 0 Å². The van der Waals surface area contributed by atoms with Gasteiger partial charge in [0.05, 0.1) is 0 Å². The molecule has 0 saturated carbocycles. The molecule has 2 amide bonds. The van der Waals surface area contributed by atoms with Crippen LogP contribution in [0.4, 0.5) is 55.3 Å². The summed E-state index contributed by atoms with van der Waals surface area (Å²) in [7, 11) is 1.12. The van der Waals surface area contributed by atoms with E-state index in [1.807, 2.05) is 0 Å². The highest BCUT2D eigenvalue weighted by Gasteiger charge is 2.65. The minimum absolute atomic E-state index is 0.0938. The summed E-state index contributed by atoms with van der Waals surface area (Å²) in [6.45, 7) is 0. The van der Waals surface area contributed by atoms with Gasteiger partial charge in [0.25, 0.3) is 0 Å². The van der Waals surface area contributed by atoms with E-state index < -0.39 is 47.4 Å². The van der Waals surface area contributed by atoms with E-state index in [2.05, 4.69) is 0 Å². The number of anilines is 2. The van der Waals surface area contributed by atoms with Gasteiger partial charge >= 0.3 is 36.0 Å². The van der Waals surface area contributed by atoms with Crippen LogP contribution in [0.25, 0.3) is 0 Å². The normalized spacial score (nSPS) is 13.3. The van der Waals surface area contributed by atoms with Gasteiger partial charge < -0.3 is 9.80 Å². The average molecular weight is 428 g/mol. The SMILES string of the molecule is CN(C(=O)C(F)(F)C(F)(F)F)c1ccc(N(C)C(=O)C(F)(F)C(F)(F)F)cc1. The molecule has 1 aromatic carbocycles. The number of benzene rings is 1. The highest BCUT2D eigenvalue weighted by Crippen LogP contribution is 2.39. The van der Waals surface area contributed by atoms with E-state index in [4.69, 9.17) is 0 Å². The molecule has 0 aliphatic carbocycles. The monoisotopic (exact) mass is 428 g/mol. The second-order valence-corrected chi connectivity index (χ2v) is 5.39. The molecule has 14 heteroatoms. The first-order chi connectivity index (χ1) is 12.4. The number of amides is 2. The number of alkyl halides is 10. The molecule has 28 heavy (non-hydrogen) atoms. The Balaban J connectivity index is 3.09. The molecule has 0 heterocycles. The Morgan fingerprint density at radius 3 is 1.00 bits per heavy atom. The maximum absolute atomic E-state index is 13.1. The molecule has 1 rings (SSSR count). The molecule has 0 aromatic heterocycles. The van der Waals surface area contributed by atoms with E-state index in [0.717, 1.165) is 0 Å². The summed E-state index contributed by atoms with van der Waals surface area (Å²) in [4.78, 5) is 22.5. The predicted molar refractivity (Wildman–Crippen MR) is 75.3 cm³/mol. The van der Waals surface area contributed by atoms with E-state index in [1.165, 1.54) is 0 Å². The van der Waals surface area contributed by atoms with Gasteiger partial charge in [0.15, 0.2) is 0 Å². The number of rotatable bonds is 4. The Morgan fingerprint density at radius 1 is 0.607 bits per heavy atom. The van der Waals surface area contributed by atoms with Crippen molar-refractivity contribution in [1.82, 2.24) is 0 Å². The Kier molecular flexibility index (Phi) is 5.98. The lowest BCUT2D eigenvalue weighted by Gasteiger charge is -2.26. The summed E-state index contributed by atoms with van der Waals surface area (Å²) in [6.07, 6.45) is -12.3. The first-order valence-electron chi connectivity index (χ1n) is 6.91. The van der Waals surface area contributed by atoms with Crippen LogP contribution in [0.5, 0.6) is 0 Å². The van der Waals surface area contributed by atoms with Crippen molar-refractivity contribution in [3.63, 3.8) is 0 Å². The van der Waals surface area contributed by atoms with Gasteiger partial charge in [-0.2, -0.15) is 43.9 Å². The molecule has 4 nitrogen and oxygen atoms in total. The summed E-state index contributed by atoms with van der Waals surface area (Å²) in [5, 5.41) is 0. The van der Waals surface area contributed by atoms with Crippen molar-refractivity contribution in [2.24, 2.45) is 0 Å². The molecule has 0 saturated heterocycles. The summed E-state index contributed by atoms with van der Waals surface area (Å²) < 4.78 is 126. The molecule has 0 unspecified atom stereocenters. The van der Waals surface area contributed by atoms with Crippen molar-refractivity contribution in [3.05, 3.63) is 24.3 Å². The van der Waals surface area contributed by atoms with Crippen molar-refractivity contribution in [3.8, 4) is 0 Å². The van der Waals surface area contributed by atoms with Crippen LogP contribution in [-0.2, 0) is 9.59 Å². The number of nitrogens with zero attached hydrogens (tertiary/aromatic N) is 2. The molecule has 0 bridgehead atoms. The van der Waals surface area contributed by atoms with Crippen LogP contribution in [0.3, 0.4) is 0 Å². The highest BCUT2D eigenvalue weighted by molar-refractivity contribution is 6.00. The van der Waals surface area contributed by atoms with E-state index >= 15 is 0 Å². The minimum Gasteiger partial charge on any atom is -0.310 e. The molecule has 0 fully saturated rings. The summed E-state index contributed by atoms with van der Waals surface area (Å²) in [5.41, 5.74) is -1.14. The molecular formula is C14H10F10N2O2. The van der Waals surface area contributed by atoms with Crippen LogP contribution in [0.2, 0.25) is 0 Å². The molecule has 158 valence electrons. The lowest BCUT2D eigenvalue weighted by Crippen LogP contribution is -2.51. The zero-order valence-corrected chi connectivity index (χ0v) is 13.8. The van der Waals surface area contributed by atoms with Crippen molar-refractivity contribution in [1.29, 1.82) is 0 Å². The topological polar surface area (TPSA) is 40.6 Å². The molecule has 0 spiro atoms. The molecule has 0 aliphatic heterocycles. The fourth-order valence-corrected chi connectivity index (χ4v) is 1.80. The van der Waals surface area contributed by atoms with Gasteiger partial charge in [-0.05, 0) is 24.3 Å². The van der Waals surface area contributed by atoms with Gasteiger partial charge in [-0.1, -0.05) is 0 Å². The van der Waals surface area contributed by atoms with Crippen LogP contribution in [0, 0.1) is 0 Å². The predicted octanol–water partition coefficient (Wildman–Crippen LogP) is 4.01. The average Bonchev–Trinajstić information content (AvgIpc) is 2.57. The lowest BCUT2D eigenvalue weighted by atomic mass is 10.2. The van der Waals surface area contributed by atoms with Gasteiger partial charge in [-0.3, -0.25) is 9.59 Å². The Hall–Kier alpha value is -2.54. The van der Waals surface area contributed by atoms with Gasteiger partial charge in [0.1, 0.15) is 0 Å². The van der Waals surface area contributed by atoms with E-state index in [1.54, 1.807) is 0 Å². The number of carbonyl (C=O) groups excluding carboxylic acids is 2. The first kappa shape index (κ1) is 23.5. The maximum Gasteiger partial charge on any atom is 0.463 e. The lowest BCUT2D eigenvalue weighted by molar-refractivity contribution is -0.268. The molecule has 0 radical (unpaired) electrons. The molecular weight excluding hydrogens is 418 g/mol. The van der Waals surface area contributed by atoms with Crippen molar-refractivity contribution in [2.75, 3.05) is 23.9 Å². The fraction of sp³-hybridized carbons (Fsp3) is 0.429. The third-order valence-corrected chi connectivity index (χ3v) is 3.48. The van der Waals surface area contributed by atoms with E-state index in [0.29, 0.717) is 38.4 Å². The summed E-state index contributed by atoms with van der Waals surface area (Å²) >= 11 is 0. The smallest absolute Gasteiger partial charge is 0.310 e. The molecule has 0 aliphatic rings. The largest absolute Gasteiger partial charge is 0.463 e. The third kappa shape index (κ3) is 4.14. The quantitative estimate of drug-likeness (QED) is 0.681. The zero-order chi connectivity index (χ0) is 22.3. The Labute approximate surface area is 150 Å². The molecule has 0 N–H and O–H groups in total. The zero-order valence-electron chi connectivity index (χ0n) is 13.8. The van der Waals surface area contributed by atoms with E-state index in [-0.39, 0.29) is 9.80 Å². The van der Waals surface area contributed by atoms with Crippen molar-refractivity contribution >= 4 is 23.2 Å². The number of halogens is 10. The van der Waals surface area contributed by atoms with Crippen LogP contribution in [0.1, 0.15) is 0 Å². The van der Waals surface area contributed by atoms with Crippen molar-refractivity contribution in [2.45, 2.75) is 24.2 Å². The molecule has 1 aromatic rings. The van der Waals surface area contributed by atoms with E-state index in [9.17, 15) is 53.5 Å². The van der Waals surface area contributed by atoms with Crippen LogP contribution >= 0.6 is 0 Å². The third-order valence-electron chi connectivity index (χ3n) is 3.48. The second-order valence-electron chi connectivity index (χ2n) is 5.39. The molecule has 0 atom stereocenters. The van der Waals surface area contributed by atoms with Crippen LogP contribution in [-0.4, -0.2) is 50.1 Å². The fourth-order valence-electron chi connectivity index (χ4n) is 1.80. The van der Waals surface area contributed by atoms with Gasteiger partial charge in [-0.15, -0.1) is 0 Å². The van der Waals surface area contributed by atoms with Gasteiger partial charge in [-0.25, -0.2) is 0 Å².